The second-order valence-electron chi connectivity index (χ2n) is 10.9. The summed E-state index contributed by atoms with van der Waals surface area (Å²) in [5.74, 6) is -0.271. The van der Waals surface area contributed by atoms with Crippen molar-refractivity contribution in [2.24, 2.45) is 23.2 Å². The van der Waals surface area contributed by atoms with Gasteiger partial charge in [-0.1, -0.05) is 52.7 Å². The van der Waals surface area contributed by atoms with Crippen LogP contribution in [0.3, 0.4) is 0 Å². The first-order valence-electron chi connectivity index (χ1n) is 11.9. The van der Waals surface area contributed by atoms with Crippen LogP contribution in [0.2, 0.25) is 0 Å². The topological polar surface area (TPSA) is 46.2 Å². The van der Waals surface area contributed by atoms with Gasteiger partial charge in [-0.2, -0.15) is 13.2 Å². The van der Waals surface area contributed by atoms with Crippen molar-refractivity contribution in [1.29, 1.82) is 0 Å². The highest BCUT2D eigenvalue weighted by atomic mass is 19.4. The number of dihydropyridines is 1. The predicted molar refractivity (Wildman–Crippen MR) is 121 cm³/mol. The van der Waals surface area contributed by atoms with E-state index in [4.69, 9.17) is 0 Å². The number of Topliss-reactive ketones (excluding diaryl/α,β-unsaturated/α-hetero) is 2. The van der Waals surface area contributed by atoms with Crippen molar-refractivity contribution in [3.8, 4) is 0 Å². The Morgan fingerprint density at radius 2 is 1.67 bits per heavy atom. The van der Waals surface area contributed by atoms with Crippen molar-refractivity contribution in [2.75, 3.05) is 0 Å². The maximum absolute atomic E-state index is 13.8. The number of rotatable bonds is 4. The molecule has 1 heterocycles. The smallest absolute Gasteiger partial charge is 0.361 e. The number of carbonyl (C=O) groups excluding carboxylic acids is 2. The molecule has 3 aliphatic rings. The van der Waals surface area contributed by atoms with Crippen LogP contribution in [0.5, 0.6) is 0 Å². The van der Waals surface area contributed by atoms with Gasteiger partial charge in [-0.05, 0) is 48.6 Å². The van der Waals surface area contributed by atoms with Crippen LogP contribution >= 0.6 is 0 Å². The van der Waals surface area contributed by atoms with Crippen LogP contribution < -0.4 is 5.32 Å². The van der Waals surface area contributed by atoms with E-state index in [1.165, 1.54) is 12.1 Å². The molecule has 33 heavy (non-hydrogen) atoms. The molecule has 0 saturated heterocycles. The maximum Gasteiger partial charge on any atom is 0.416 e. The zero-order valence-corrected chi connectivity index (χ0v) is 19.7. The van der Waals surface area contributed by atoms with E-state index in [1.54, 1.807) is 0 Å². The van der Waals surface area contributed by atoms with Gasteiger partial charge in [0.1, 0.15) is 0 Å². The molecule has 0 bridgehead atoms. The molecule has 2 aliphatic carbocycles. The molecule has 6 heteroatoms. The lowest BCUT2D eigenvalue weighted by atomic mass is 9.65. The van der Waals surface area contributed by atoms with Crippen molar-refractivity contribution in [3.05, 3.63) is 57.9 Å². The number of carbonyl (C=O) groups is 2. The number of allylic oxidation sites excluding steroid dienone is 4. The van der Waals surface area contributed by atoms with Gasteiger partial charge in [0.15, 0.2) is 11.6 Å². The van der Waals surface area contributed by atoms with Gasteiger partial charge in [0.2, 0.25) is 0 Å². The molecule has 1 aromatic rings. The van der Waals surface area contributed by atoms with Crippen LogP contribution in [-0.4, -0.2) is 11.6 Å². The van der Waals surface area contributed by atoms with Gasteiger partial charge < -0.3 is 5.32 Å². The second kappa shape index (κ2) is 8.44. The van der Waals surface area contributed by atoms with E-state index in [0.717, 1.165) is 61.2 Å². The molecular weight excluding hydrogens is 427 g/mol. The van der Waals surface area contributed by atoms with Crippen molar-refractivity contribution in [2.45, 2.75) is 72.4 Å². The summed E-state index contributed by atoms with van der Waals surface area (Å²) in [6, 6.07) is 4.44. The molecule has 0 aromatic heterocycles. The molecule has 1 N–H and O–H groups in total. The summed E-state index contributed by atoms with van der Waals surface area (Å²) in [4.78, 5) is 27.2. The highest BCUT2D eigenvalue weighted by molar-refractivity contribution is 6.12. The normalized spacial score (nSPS) is 23.8. The van der Waals surface area contributed by atoms with E-state index in [2.05, 4.69) is 19.2 Å². The summed E-state index contributed by atoms with van der Waals surface area (Å²) in [5, 5.41) is 3.47. The Morgan fingerprint density at radius 1 is 1.06 bits per heavy atom. The summed E-state index contributed by atoms with van der Waals surface area (Å²) < 4.78 is 39.2. The highest BCUT2D eigenvalue weighted by Gasteiger charge is 2.46. The van der Waals surface area contributed by atoms with Crippen LogP contribution in [0, 0.1) is 23.2 Å². The standard InChI is InChI=1S/C27H32F3NO2/c1-15(2)24-23(25(33)17-9-11-18(12-10-17)27(28,29)30)21(16-7-5-6-8-16)22-19(31-24)13-26(3,4)14-20(22)32/h9-12,15-16,21,31H,5-8,13-14H2,1-4H3. The van der Waals surface area contributed by atoms with Gasteiger partial charge in [0, 0.05) is 40.4 Å². The fourth-order valence-electron chi connectivity index (χ4n) is 5.80. The van der Waals surface area contributed by atoms with E-state index >= 15 is 0 Å². The van der Waals surface area contributed by atoms with Gasteiger partial charge in [0.05, 0.1) is 5.56 Å². The number of ketones is 2. The largest absolute Gasteiger partial charge is 0.416 e. The Balaban J connectivity index is 1.83. The van der Waals surface area contributed by atoms with Crippen molar-refractivity contribution in [3.63, 3.8) is 0 Å². The Kier molecular flexibility index (Phi) is 6.08. The summed E-state index contributed by atoms with van der Waals surface area (Å²) in [7, 11) is 0. The number of nitrogens with one attached hydrogen (secondary N) is 1. The molecule has 1 fully saturated rings. The minimum atomic E-state index is -4.45. The van der Waals surface area contributed by atoms with Crippen LogP contribution in [0.15, 0.2) is 46.8 Å². The lowest BCUT2D eigenvalue weighted by Gasteiger charge is -2.42. The molecule has 1 aliphatic heterocycles. The predicted octanol–water partition coefficient (Wildman–Crippen LogP) is 6.85. The molecule has 3 nitrogen and oxygen atoms in total. The zero-order valence-electron chi connectivity index (χ0n) is 19.7. The molecule has 0 spiro atoms. The number of hydrogen-bond donors (Lipinski definition) is 1. The minimum absolute atomic E-state index is 0.0106. The Hall–Kier alpha value is -2.37. The van der Waals surface area contributed by atoms with Gasteiger partial charge in [-0.15, -0.1) is 0 Å². The molecule has 1 saturated carbocycles. The van der Waals surface area contributed by atoms with Crippen molar-refractivity contribution >= 4 is 11.6 Å². The lowest BCUT2D eigenvalue weighted by molar-refractivity contribution is -0.137. The summed E-state index contributed by atoms with van der Waals surface area (Å²) in [6.07, 6.45) is 0.764. The first kappa shape index (κ1) is 23.8. The Bertz CT molecular complexity index is 1020. The lowest BCUT2D eigenvalue weighted by Crippen LogP contribution is -2.42. The summed E-state index contributed by atoms with van der Waals surface area (Å²) >= 11 is 0. The number of halogens is 3. The zero-order chi connectivity index (χ0) is 24.1. The summed E-state index contributed by atoms with van der Waals surface area (Å²) in [5.41, 5.74) is 2.35. The first-order valence-corrected chi connectivity index (χ1v) is 11.9. The monoisotopic (exact) mass is 459 g/mol. The van der Waals surface area contributed by atoms with Crippen LogP contribution in [0.1, 0.15) is 82.1 Å². The average Bonchev–Trinajstić information content (AvgIpc) is 3.25. The van der Waals surface area contributed by atoms with Crippen LogP contribution in [0.4, 0.5) is 13.2 Å². The maximum atomic E-state index is 13.8. The minimum Gasteiger partial charge on any atom is -0.361 e. The highest BCUT2D eigenvalue weighted by Crippen LogP contribution is 2.49. The van der Waals surface area contributed by atoms with Crippen LogP contribution in [0.25, 0.3) is 0 Å². The van der Waals surface area contributed by atoms with E-state index in [-0.39, 0.29) is 40.3 Å². The van der Waals surface area contributed by atoms with Crippen molar-refractivity contribution < 1.29 is 22.8 Å². The molecule has 0 radical (unpaired) electrons. The molecule has 4 rings (SSSR count). The third kappa shape index (κ3) is 4.53. The fourth-order valence-corrected chi connectivity index (χ4v) is 5.80. The van der Waals surface area contributed by atoms with Gasteiger partial charge >= 0.3 is 6.18 Å². The molecule has 1 atom stereocenters. The van der Waals surface area contributed by atoms with E-state index < -0.39 is 11.7 Å². The van der Waals surface area contributed by atoms with E-state index in [9.17, 15) is 22.8 Å². The number of benzene rings is 1. The molecule has 0 amide bonds. The fraction of sp³-hybridized carbons (Fsp3) is 0.556. The SMILES string of the molecule is CC(C)C1=C(C(=O)c2ccc(C(F)(F)F)cc2)C(C2CCCC2)C2=C(CC(C)(C)CC2=O)N1. The quantitative estimate of drug-likeness (QED) is 0.501. The average molecular weight is 460 g/mol. The van der Waals surface area contributed by atoms with Crippen molar-refractivity contribution in [1.82, 2.24) is 5.32 Å². The second-order valence-corrected chi connectivity index (χ2v) is 10.9. The Morgan fingerprint density at radius 3 is 2.21 bits per heavy atom. The molecule has 1 aromatic carbocycles. The van der Waals surface area contributed by atoms with Gasteiger partial charge in [-0.25, -0.2) is 0 Å². The van der Waals surface area contributed by atoms with Gasteiger partial charge in [0.25, 0.3) is 0 Å². The van der Waals surface area contributed by atoms with Gasteiger partial charge in [-0.3, -0.25) is 9.59 Å². The number of hydrogen-bond acceptors (Lipinski definition) is 3. The third-order valence-corrected chi connectivity index (χ3v) is 7.29. The molecule has 178 valence electrons. The number of alkyl halides is 3. The third-order valence-electron chi connectivity index (χ3n) is 7.29. The van der Waals surface area contributed by atoms with E-state index in [0.29, 0.717) is 12.0 Å². The summed E-state index contributed by atoms with van der Waals surface area (Å²) in [6.45, 7) is 8.19. The first-order chi connectivity index (χ1) is 15.4. The molecular formula is C27H32F3NO2. The molecule has 1 unspecified atom stereocenters. The van der Waals surface area contributed by atoms with Crippen LogP contribution in [-0.2, 0) is 11.0 Å². The van der Waals surface area contributed by atoms with E-state index in [1.807, 2.05) is 13.8 Å². The Labute approximate surface area is 193 Å².